The van der Waals surface area contributed by atoms with E-state index in [-0.39, 0.29) is 6.04 Å². The highest BCUT2D eigenvalue weighted by molar-refractivity contribution is 9.10. The number of halogens is 1. The molecule has 0 aliphatic carbocycles. The van der Waals surface area contributed by atoms with Crippen molar-refractivity contribution >= 4 is 22.3 Å². The normalized spacial score (nSPS) is 11.9. The van der Waals surface area contributed by atoms with Gasteiger partial charge in [0.25, 0.3) is 0 Å². The van der Waals surface area contributed by atoms with Crippen molar-refractivity contribution in [3.05, 3.63) is 28.2 Å². The minimum atomic E-state index is 0.167. The van der Waals surface area contributed by atoms with E-state index in [1.165, 1.54) is 0 Å². The first-order valence-corrected chi connectivity index (χ1v) is 6.61. The molecule has 0 aliphatic rings. The topological polar surface area (TPSA) is 38.3 Å². The molecule has 0 aliphatic heterocycles. The predicted octanol–water partition coefficient (Wildman–Crippen LogP) is 2.91. The van der Waals surface area contributed by atoms with Crippen molar-refractivity contribution in [2.45, 2.75) is 32.7 Å². The van der Waals surface area contributed by atoms with Crippen LogP contribution in [0.1, 0.15) is 25.8 Å². The Bertz CT molecular complexity index is 368. The summed E-state index contributed by atoms with van der Waals surface area (Å²) in [6, 6.07) is 6.10. The lowest BCUT2D eigenvalue weighted by atomic mass is 10.0. The highest BCUT2D eigenvalue weighted by Crippen LogP contribution is 2.24. The van der Waals surface area contributed by atoms with Gasteiger partial charge >= 0.3 is 0 Å². The van der Waals surface area contributed by atoms with Gasteiger partial charge in [0.15, 0.2) is 0 Å². The highest BCUT2D eigenvalue weighted by atomic mass is 79.9. The molecule has 94 valence electrons. The summed E-state index contributed by atoms with van der Waals surface area (Å²) >= 11 is 3.52. The number of carbonyl (C=O) groups excluding carboxylic acids is 1. The fourth-order valence-corrected chi connectivity index (χ4v) is 2.06. The summed E-state index contributed by atoms with van der Waals surface area (Å²) in [6.45, 7) is 4.68. The first kappa shape index (κ1) is 14.0. The molecule has 1 N–H and O–H groups in total. The Kier molecular flexibility index (Phi) is 6.05. The van der Waals surface area contributed by atoms with E-state index in [9.17, 15) is 4.79 Å². The zero-order valence-electron chi connectivity index (χ0n) is 10.2. The Balaban J connectivity index is 2.80. The summed E-state index contributed by atoms with van der Waals surface area (Å²) in [6.07, 6.45) is 2.47. The zero-order valence-corrected chi connectivity index (χ0v) is 11.8. The van der Waals surface area contributed by atoms with Crippen LogP contribution in [0, 0.1) is 0 Å². The summed E-state index contributed by atoms with van der Waals surface area (Å²) in [5, 5.41) is 2.82. The molecular formula is C13H18BrNO2. The second-order valence-corrected chi connectivity index (χ2v) is 4.63. The standard InChI is InChI=1S/C13H18BrNO2/c1-3-11(15-9-16)7-10-8-12(17-4-2)5-6-13(10)14/h5-6,8-9,11H,3-4,7H2,1-2H3,(H,15,16)/t11-/m1/s1. The van der Waals surface area contributed by atoms with E-state index in [0.29, 0.717) is 6.61 Å². The molecule has 1 atom stereocenters. The minimum Gasteiger partial charge on any atom is -0.494 e. The van der Waals surface area contributed by atoms with Gasteiger partial charge in [-0.15, -0.1) is 0 Å². The molecule has 0 heterocycles. The Morgan fingerprint density at radius 3 is 2.82 bits per heavy atom. The van der Waals surface area contributed by atoms with Gasteiger partial charge in [0.2, 0.25) is 6.41 Å². The van der Waals surface area contributed by atoms with Gasteiger partial charge in [-0.3, -0.25) is 4.79 Å². The van der Waals surface area contributed by atoms with E-state index >= 15 is 0 Å². The number of amides is 1. The summed E-state index contributed by atoms with van der Waals surface area (Å²) in [4.78, 5) is 10.5. The molecule has 0 saturated heterocycles. The maximum atomic E-state index is 10.5. The molecule has 0 saturated carbocycles. The first-order valence-electron chi connectivity index (χ1n) is 5.82. The lowest BCUT2D eigenvalue weighted by molar-refractivity contribution is -0.110. The van der Waals surface area contributed by atoms with Crippen molar-refractivity contribution in [2.75, 3.05) is 6.61 Å². The van der Waals surface area contributed by atoms with Crippen LogP contribution in [0.15, 0.2) is 22.7 Å². The van der Waals surface area contributed by atoms with Gasteiger partial charge in [-0.2, -0.15) is 0 Å². The number of ether oxygens (including phenoxy) is 1. The average molecular weight is 300 g/mol. The molecule has 0 fully saturated rings. The first-order chi connectivity index (χ1) is 8.21. The number of benzene rings is 1. The summed E-state index contributed by atoms with van der Waals surface area (Å²) in [5.41, 5.74) is 1.15. The third kappa shape index (κ3) is 4.38. The van der Waals surface area contributed by atoms with Gasteiger partial charge in [-0.1, -0.05) is 22.9 Å². The van der Waals surface area contributed by atoms with E-state index < -0.39 is 0 Å². The number of nitrogens with one attached hydrogen (secondary N) is 1. The maximum absolute atomic E-state index is 10.5. The fourth-order valence-electron chi connectivity index (χ4n) is 1.65. The van der Waals surface area contributed by atoms with Gasteiger partial charge in [0.1, 0.15) is 5.75 Å². The molecule has 4 heteroatoms. The van der Waals surface area contributed by atoms with Crippen LogP contribution in [0.3, 0.4) is 0 Å². The zero-order chi connectivity index (χ0) is 12.7. The van der Waals surface area contributed by atoms with Crippen molar-refractivity contribution in [1.29, 1.82) is 0 Å². The molecule has 1 aromatic rings. The Morgan fingerprint density at radius 2 is 2.24 bits per heavy atom. The summed E-state index contributed by atoms with van der Waals surface area (Å²) in [5.74, 6) is 0.867. The van der Waals surface area contributed by atoms with Crippen LogP contribution in [-0.4, -0.2) is 19.1 Å². The number of hydrogen-bond acceptors (Lipinski definition) is 2. The van der Waals surface area contributed by atoms with E-state index in [4.69, 9.17) is 4.74 Å². The Labute approximate surface area is 111 Å². The second kappa shape index (κ2) is 7.33. The lowest BCUT2D eigenvalue weighted by Gasteiger charge is -2.15. The Hall–Kier alpha value is -1.03. The molecular weight excluding hydrogens is 282 g/mol. The van der Waals surface area contributed by atoms with Crippen LogP contribution in [-0.2, 0) is 11.2 Å². The van der Waals surface area contributed by atoms with E-state index in [1.807, 2.05) is 25.1 Å². The van der Waals surface area contributed by atoms with Crippen molar-refractivity contribution in [3.63, 3.8) is 0 Å². The summed E-state index contributed by atoms with van der Waals surface area (Å²) in [7, 11) is 0. The fraction of sp³-hybridized carbons (Fsp3) is 0.462. The average Bonchev–Trinajstić information content (AvgIpc) is 2.33. The van der Waals surface area contributed by atoms with Crippen LogP contribution < -0.4 is 10.1 Å². The smallest absolute Gasteiger partial charge is 0.207 e. The molecule has 0 spiro atoms. The molecule has 0 bridgehead atoms. The molecule has 0 radical (unpaired) electrons. The van der Waals surface area contributed by atoms with Gasteiger partial charge in [0, 0.05) is 10.5 Å². The second-order valence-electron chi connectivity index (χ2n) is 3.78. The summed E-state index contributed by atoms with van der Waals surface area (Å²) < 4.78 is 6.51. The van der Waals surface area contributed by atoms with Crippen molar-refractivity contribution in [3.8, 4) is 5.75 Å². The minimum absolute atomic E-state index is 0.167. The van der Waals surface area contributed by atoms with Crippen molar-refractivity contribution in [1.82, 2.24) is 5.32 Å². The largest absolute Gasteiger partial charge is 0.494 e. The van der Waals surface area contributed by atoms with Gasteiger partial charge < -0.3 is 10.1 Å². The number of carbonyl (C=O) groups is 1. The van der Waals surface area contributed by atoms with E-state index in [1.54, 1.807) is 0 Å². The third-order valence-electron chi connectivity index (χ3n) is 2.59. The lowest BCUT2D eigenvalue weighted by Crippen LogP contribution is -2.29. The van der Waals surface area contributed by atoms with E-state index in [2.05, 4.69) is 28.2 Å². The molecule has 17 heavy (non-hydrogen) atoms. The molecule has 1 aromatic carbocycles. The highest BCUT2D eigenvalue weighted by Gasteiger charge is 2.09. The number of hydrogen-bond donors (Lipinski definition) is 1. The van der Waals surface area contributed by atoms with Crippen LogP contribution in [0.4, 0.5) is 0 Å². The quantitative estimate of drug-likeness (QED) is 0.786. The van der Waals surface area contributed by atoms with Crippen LogP contribution >= 0.6 is 15.9 Å². The molecule has 3 nitrogen and oxygen atoms in total. The van der Waals surface area contributed by atoms with Crippen molar-refractivity contribution in [2.24, 2.45) is 0 Å². The molecule has 0 unspecified atom stereocenters. The van der Waals surface area contributed by atoms with E-state index in [0.717, 1.165) is 35.0 Å². The van der Waals surface area contributed by atoms with Gasteiger partial charge in [-0.25, -0.2) is 0 Å². The van der Waals surface area contributed by atoms with Crippen molar-refractivity contribution < 1.29 is 9.53 Å². The van der Waals surface area contributed by atoms with Gasteiger partial charge in [-0.05, 0) is 43.5 Å². The predicted molar refractivity (Wildman–Crippen MR) is 72.3 cm³/mol. The van der Waals surface area contributed by atoms with Gasteiger partial charge in [0.05, 0.1) is 6.61 Å². The third-order valence-corrected chi connectivity index (χ3v) is 3.36. The van der Waals surface area contributed by atoms with Crippen LogP contribution in [0.25, 0.3) is 0 Å². The molecule has 1 rings (SSSR count). The molecule has 1 amide bonds. The SMILES string of the molecule is CCOc1ccc(Br)c(C[C@@H](CC)NC=O)c1. The molecule has 0 aromatic heterocycles. The monoisotopic (exact) mass is 299 g/mol. The van der Waals surface area contributed by atoms with Crippen LogP contribution in [0.2, 0.25) is 0 Å². The maximum Gasteiger partial charge on any atom is 0.207 e. The Morgan fingerprint density at radius 1 is 1.47 bits per heavy atom. The van der Waals surface area contributed by atoms with Crippen LogP contribution in [0.5, 0.6) is 5.75 Å². The number of rotatable bonds is 7.